The largest absolute Gasteiger partial charge is 0.480 e. The first-order valence-electron chi connectivity index (χ1n) is 1.19. The van der Waals surface area contributed by atoms with E-state index in [9.17, 15) is 4.79 Å². The Bertz CT molecular complexity index is 42.9. The van der Waals surface area contributed by atoms with E-state index in [1.54, 1.807) is 0 Å². The minimum atomic E-state index is -0.968. The van der Waals surface area contributed by atoms with Gasteiger partial charge in [0.15, 0.2) is 0 Å². The number of carboxylic acid groups (broad SMARTS) is 1. The molecule has 0 saturated carbocycles. The summed E-state index contributed by atoms with van der Waals surface area (Å²) in [6.07, 6.45) is 0. The van der Waals surface area contributed by atoms with Crippen molar-refractivity contribution in [2.24, 2.45) is 5.73 Å². The molecule has 0 amide bonds. The molecule has 0 fully saturated rings. The van der Waals surface area contributed by atoms with Crippen molar-refractivity contribution in [3.05, 3.63) is 0 Å². The molecule has 3 N–H and O–H groups in total. The third kappa shape index (κ3) is 3.43. The summed E-state index contributed by atoms with van der Waals surface area (Å²) >= 11 is 0. The summed E-state index contributed by atoms with van der Waals surface area (Å²) in [5, 5.41) is 7.60. The van der Waals surface area contributed by atoms with Gasteiger partial charge in [0.2, 0.25) is 0 Å². The molecule has 0 aromatic heterocycles. The first kappa shape index (κ1) is 4.43. The molecule has 0 saturated heterocycles. The van der Waals surface area contributed by atoms with Crippen molar-refractivity contribution >= 4 is 5.97 Å². The predicted molar refractivity (Wildman–Crippen MR) is 16.7 cm³/mol. The lowest BCUT2D eigenvalue weighted by atomic mass is 10.8. The zero-order chi connectivity index (χ0) is 4.28. The van der Waals surface area contributed by atoms with Gasteiger partial charge in [0.05, 0.1) is 6.54 Å². The second-order valence-electron chi connectivity index (χ2n) is 0.598. The number of carboxylic acids is 1. The highest BCUT2D eigenvalue weighted by Gasteiger charge is 1.81. The molecule has 3 heteroatoms. The number of hydrogen-bond acceptors (Lipinski definition) is 2. The Kier molecular flexibility index (Phi) is 1.53. The highest BCUT2D eigenvalue weighted by molar-refractivity contribution is 5.68. The van der Waals surface area contributed by atoms with Crippen molar-refractivity contribution < 1.29 is 9.90 Å². The van der Waals surface area contributed by atoms with E-state index in [1.165, 1.54) is 0 Å². The molecule has 0 rings (SSSR count). The Morgan fingerprint density at radius 3 is 2.20 bits per heavy atom. The van der Waals surface area contributed by atoms with E-state index < -0.39 is 5.97 Å². The lowest BCUT2D eigenvalue weighted by Gasteiger charge is -1.73. The van der Waals surface area contributed by atoms with Gasteiger partial charge in [-0.2, -0.15) is 0 Å². The fourth-order valence-corrected chi connectivity index (χ4v) is 0. The molecular formula is C2H5NO2. The summed E-state index contributed by atoms with van der Waals surface area (Å²) in [5.41, 5.74) is 4.57. The fraction of sp³-hybridized carbons (Fsp3) is 0.500. The summed E-state index contributed by atoms with van der Waals surface area (Å²) < 4.78 is 0. The molecule has 0 unspecified atom stereocenters. The van der Waals surface area contributed by atoms with Crippen molar-refractivity contribution in [2.45, 2.75) is 0 Å². The molecule has 0 atom stereocenters. The SMILES string of the molecule is [15NH2]CC(=O)O. The highest BCUT2D eigenvalue weighted by Crippen LogP contribution is 1.43. The van der Waals surface area contributed by atoms with Gasteiger partial charge >= 0.3 is 5.97 Å². The van der Waals surface area contributed by atoms with Gasteiger partial charge in [-0.25, -0.2) is 0 Å². The lowest BCUT2D eigenvalue weighted by molar-refractivity contribution is -0.135. The summed E-state index contributed by atoms with van der Waals surface area (Å²) in [6, 6.07) is 0. The molecule has 0 heterocycles. The number of nitrogens with two attached hydrogens (primary N) is 1. The monoisotopic (exact) mass is 76.0 g/mol. The molecule has 30 valence electrons. The van der Waals surface area contributed by atoms with Gasteiger partial charge in [-0.05, 0) is 0 Å². The molecular weight excluding hydrogens is 71.0 g/mol. The minimum Gasteiger partial charge on any atom is -0.480 e. The second kappa shape index (κ2) is 1.72. The van der Waals surface area contributed by atoms with E-state index in [4.69, 9.17) is 5.11 Å². The number of hydrogen-bond donors (Lipinski definition) is 2. The molecule has 0 aliphatic carbocycles. The summed E-state index contributed by atoms with van der Waals surface area (Å²) in [4.78, 5) is 9.24. The van der Waals surface area contributed by atoms with Crippen molar-refractivity contribution in [2.75, 3.05) is 6.54 Å². The fourth-order valence-electron chi connectivity index (χ4n) is 0. The first-order valence-corrected chi connectivity index (χ1v) is 1.19. The van der Waals surface area contributed by atoms with Crippen molar-refractivity contribution in [1.29, 1.82) is 0 Å². The third-order valence-corrected chi connectivity index (χ3v) is 0.175. The Morgan fingerprint density at radius 1 is 2.00 bits per heavy atom. The third-order valence-electron chi connectivity index (χ3n) is 0.175. The van der Waals surface area contributed by atoms with E-state index in [2.05, 4.69) is 5.73 Å². The van der Waals surface area contributed by atoms with Crippen LogP contribution in [0.15, 0.2) is 0 Å². The zero-order valence-electron chi connectivity index (χ0n) is 2.64. The molecule has 0 aromatic rings. The molecule has 5 heavy (non-hydrogen) atoms. The maximum Gasteiger partial charge on any atom is 0.317 e. The molecule has 0 aliphatic rings. The Labute approximate surface area is 29.4 Å². The van der Waals surface area contributed by atoms with Crippen LogP contribution in [-0.4, -0.2) is 17.6 Å². The molecule has 0 spiro atoms. The van der Waals surface area contributed by atoms with Gasteiger partial charge in [-0.1, -0.05) is 0 Å². The van der Waals surface area contributed by atoms with Gasteiger partial charge in [0, 0.05) is 0 Å². The van der Waals surface area contributed by atoms with Crippen molar-refractivity contribution in [3.8, 4) is 0 Å². The number of carbonyl (C=O) groups is 1. The molecule has 0 radical (unpaired) electrons. The maximum absolute atomic E-state index is 9.24. The lowest BCUT2D eigenvalue weighted by Crippen LogP contribution is -2.10. The van der Waals surface area contributed by atoms with Crippen LogP contribution in [0.3, 0.4) is 0 Å². The van der Waals surface area contributed by atoms with Gasteiger partial charge in [-0.15, -0.1) is 0 Å². The smallest absolute Gasteiger partial charge is 0.317 e. The van der Waals surface area contributed by atoms with E-state index in [-0.39, 0.29) is 6.54 Å². The number of rotatable bonds is 1. The van der Waals surface area contributed by atoms with Crippen LogP contribution in [-0.2, 0) is 4.79 Å². The molecule has 0 aromatic carbocycles. The highest BCUT2D eigenvalue weighted by atomic mass is 16.4. The van der Waals surface area contributed by atoms with E-state index in [1.807, 2.05) is 0 Å². The van der Waals surface area contributed by atoms with Crippen LogP contribution in [0.25, 0.3) is 0 Å². The molecule has 3 nitrogen and oxygen atoms in total. The average molecular weight is 76.1 g/mol. The van der Waals surface area contributed by atoms with Crippen LogP contribution >= 0.6 is 0 Å². The van der Waals surface area contributed by atoms with E-state index >= 15 is 0 Å². The van der Waals surface area contributed by atoms with Crippen LogP contribution in [0.1, 0.15) is 0 Å². The summed E-state index contributed by atoms with van der Waals surface area (Å²) in [5.74, 6) is -0.968. The topological polar surface area (TPSA) is 63.3 Å². The van der Waals surface area contributed by atoms with Crippen LogP contribution in [0, 0.1) is 0 Å². The van der Waals surface area contributed by atoms with Gasteiger partial charge in [-0.3, -0.25) is 4.79 Å². The van der Waals surface area contributed by atoms with Crippen LogP contribution in [0.2, 0.25) is 0 Å². The number of aliphatic carboxylic acids is 1. The quantitative estimate of drug-likeness (QED) is 0.395. The molecule has 0 bridgehead atoms. The minimum absolute atomic E-state index is 0.278. The summed E-state index contributed by atoms with van der Waals surface area (Å²) in [6.45, 7) is -0.278. The standard InChI is InChI=1S/C2H5NO2/c3-1-2(4)5/h1,3H2,(H,4,5)/i3+1. The van der Waals surface area contributed by atoms with Gasteiger partial charge in [0.25, 0.3) is 0 Å². The van der Waals surface area contributed by atoms with Gasteiger partial charge < -0.3 is 10.8 Å². The average Bonchev–Trinajstić information content (AvgIpc) is 1.38. The van der Waals surface area contributed by atoms with E-state index in [0.29, 0.717) is 0 Å². The van der Waals surface area contributed by atoms with Crippen molar-refractivity contribution in [1.82, 2.24) is 0 Å². The Balaban J connectivity index is 2.85. The van der Waals surface area contributed by atoms with E-state index in [0.717, 1.165) is 0 Å². The first-order chi connectivity index (χ1) is 2.27. The Morgan fingerprint density at radius 2 is 2.20 bits per heavy atom. The second-order valence-corrected chi connectivity index (χ2v) is 0.598. The zero-order valence-corrected chi connectivity index (χ0v) is 2.64. The molecule has 0 aliphatic heterocycles. The maximum atomic E-state index is 9.24. The van der Waals surface area contributed by atoms with Crippen molar-refractivity contribution in [3.63, 3.8) is 0 Å². The Hall–Kier alpha value is -0.570. The normalized spacial score (nSPS) is 7.40. The van der Waals surface area contributed by atoms with Crippen LogP contribution in [0.5, 0.6) is 0 Å². The van der Waals surface area contributed by atoms with Crippen LogP contribution < -0.4 is 5.73 Å². The summed E-state index contributed by atoms with van der Waals surface area (Å²) in [7, 11) is 0. The van der Waals surface area contributed by atoms with Crippen LogP contribution in [0.4, 0.5) is 0 Å². The predicted octanol–water partition coefficient (Wildman–Crippen LogP) is -0.970. The van der Waals surface area contributed by atoms with Gasteiger partial charge in [0.1, 0.15) is 0 Å².